The second-order valence-electron chi connectivity index (χ2n) is 10.3. The number of pyridine rings is 1. The molecule has 1 aliphatic rings. The lowest BCUT2D eigenvalue weighted by atomic mass is 9.79. The van der Waals surface area contributed by atoms with Gasteiger partial charge in [0.15, 0.2) is 5.43 Å². The van der Waals surface area contributed by atoms with E-state index in [-0.39, 0.29) is 16.5 Å². The highest BCUT2D eigenvalue weighted by Gasteiger charge is 2.40. The van der Waals surface area contributed by atoms with Gasteiger partial charge in [0.1, 0.15) is 5.58 Å². The zero-order chi connectivity index (χ0) is 22.2. The Morgan fingerprint density at radius 3 is 2.42 bits per heavy atom. The number of rotatable bonds is 5. The van der Waals surface area contributed by atoms with Gasteiger partial charge in [-0.25, -0.2) is 0 Å². The van der Waals surface area contributed by atoms with Gasteiger partial charge in [0.05, 0.1) is 11.6 Å². The first kappa shape index (κ1) is 21.7. The van der Waals surface area contributed by atoms with Gasteiger partial charge >= 0.3 is 0 Å². The topological polar surface area (TPSA) is 58.4 Å². The van der Waals surface area contributed by atoms with Gasteiger partial charge in [-0.15, -0.1) is 0 Å². The summed E-state index contributed by atoms with van der Waals surface area (Å²) in [6.07, 6.45) is 7.34. The summed E-state index contributed by atoms with van der Waals surface area (Å²) in [5.74, 6) is 0. The number of aromatic nitrogens is 1. The van der Waals surface area contributed by atoms with Crippen LogP contribution in [0.4, 0.5) is 0 Å². The molecular formula is C26H33N3O2. The summed E-state index contributed by atoms with van der Waals surface area (Å²) in [7, 11) is 0. The summed E-state index contributed by atoms with van der Waals surface area (Å²) in [5.41, 5.74) is 3.72. The van der Waals surface area contributed by atoms with Crippen LogP contribution in [0.15, 0.2) is 58.2 Å². The molecule has 3 heterocycles. The molecule has 3 aromatic rings. The first-order valence-corrected chi connectivity index (χ1v) is 11.1. The summed E-state index contributed by atoms with van der Waals surface area (Å²) in [4.78, 5) is 19.9. The Balaban J connectivity index is 1.70. The molecule has 0 amide bonds. The van der Waals surface area contributed by atoms with E-state index in [0.29, 0.717) is 29.1 Å². The second-order valence-corrected chi connectivity index (χ2v) is 10.3. The lowest BCUT2D eigenvalue weighted by Gasteiger charge is -2.49. The van der Waals surface area contributed by atoms with Crippen molar-refractivity contribution < 1.29 is 4.42 Å². The van der Waals surface area contributed by atoms with Crippen LogP contribution in [0, 0.1) is 6.92 Å². The van der Waals surface area contributed by atoms with E-state index in [0.717, 1.165) is 24.9 Å². The fourth-order valence-electron chi connectivity index (χ4n) is 5.18. The van der Waals surface area contributed by atoms with Crippen LogP contribution >= 0.6 is 0 Å². The van der Waals surface area contributed by atoms with Gasteiger partial charge in [-0.05, 0) is 77.3 Å². The Labute approximate surface area is 184 Å². The van der Waals surface area contributed by atoms with Crippen LogP contribution in [0.2, 0.25) is 0 Å². The van der Waals surface area contributed by atoms with E-state index < -0.39 is 0 Å². The molecule has 0 atom stereocenters. The third-order valence-corrected chi connectivity index (χ3v) is 6.19. The Morgan fingerprint density at radius 2 is 1.74 bits per heavy atom. The Kier molecular flexibility index (Phi) is 5.75. The predicted octanol–water partition coefficient (Wildman–Crippen LogP) is 4.81. The summed E-state index contributed by atoms with van der Waals surface area (Å²) in [5, 5.41) is 4.43. The second kappa shape index (κ2) is 8.21. The van der Waals surface area contributed by atoms with Crippen molar-refractivity contribution in [3.63, 3.8) is 0 Å². The maximum atomic E-state index is 13.3. The van der Waals surface area contributed by atoms with Crippen molar-refractivity contribution in [3.8, 4) is 0 Å². The van der Waals surface area contributed by atoms with Crippen molar-refractivity contribution in [1.29, 1.82) is 0 Å². The van der Waals surface area contributed by atoms with Crippen LogP contribution in [-0.2, 0) is 13.1 Å². The molecule has 0 bridgehead atoms. The molecule has 5 heteroatoms. The largest absolute Gasteiger partial charge is 0.464 e. The third-order valence-electron chi connectivity index (χ3n) is 6.19. The predicted molar refractivity (Wildman–Crippen MR) is 125 cm³/mol. The van der Waals surface area contributed by atoms with E-state index in [9.17, 15) is 4.79 Å². The third kappa shape index (κ3) is 5.05. The maximum absolute atomic E-state index is 13.3. The van der Waals surface area contributed by atoms with Crippen molar-refractivity contribution in [1.82, 2.24) is 15.2 Å². The van der Waals surface area contributed by atoms with Gasteiger partial charge in [-0.3, -0.25) is 14.7 Å². The van der Waals surface area contributed by atoms with E-state index >= 15 is 0 Å². The number of fused-ring (bicyclic) bond motifs is 1. The molecular weight excluding hydrogens is 386 g/mol. The highest BCUT2D eigenvalue weighted by atomic mass is 16.3. The summed E-state index contributed by atoms with van der Waals surface area (Å²) in [6, 6.07) is 10.2. The lowest BCUT2D eigenvalue weighted by Crippen LogP contribution is -2.62. The monoisotopic (exact) mass is 419 g/mol. The lowest BCUT2D eigenvalue weighted by molar-refractivity contribution is 0.0559. The molecule has 0 saturated carbocycles. The SMILES string of the molecule is Cc1ccc2occ(CN(Cc3ccncc3)C3CC(C)(C)NC(C)(C)C3)c(=O)c2c1. The normalized spacial score (nSPS) is 18.5. The minimum atomic E-state index is 0.0219. The van der Waals surface area contributed by atoms with Crippen molar-refractivity contribution >= 4 is 11.0 Å². The number of aryl methyl sites for hydroxylation is 1. The number of hydrogen-bond acceptors (Lipinski definition) is 5. The number of benzene rings is 1. The van der Waals surface area contributed by atoms with E-state index in [1.807, 2.05) is 37.5 Å². The van der Waals surface area contributed by atoms with Crippen LogP contribution in [0.3, 0.4) is 0 Å². The van der Waals surface area contributed by atoms with Crippen LogP contribution < -0.4 is 10.7 Å². The molecule has 1 aliphatic heterocycles. The molecule has 0 unspecified atom stereocenters. The first-order chi connectivity index (χ1) is 14.6. The Morgan fingerprint density at radius 1 is 1.06 bits per heavy atom. The number of nitrogens with zero attached hydrogens (tertiary/aromatic N) is 2. The average Bonchev–Trinajstić information content (AvgIpc) is 2.68. The average molecular weight is 420 g/mol. The minimum Gasteiger partial charge on any atom is -0.464 e. The summed E-state index contributed by atoms with van der Waals surface area (Å²) >= 11 is 0. The van der Waals surface area contributed by atoms with Crippen LogP contribution in [-0.4, -0.2) is 27.0 Å². The molecule has 31 heavy (non-hydrogen) atoms. The molecule has 2 aromatic heterocycles. The highest BCUT2D eigenvalue weighted by Crippen LogP contribution is 2.33. The van der Waals surface area contributed by atoms with Crippen molar-refractivity contribution in [2.45, 2.75) is 77.7 Å². The van der Waals surface area contributed by atoms with Crippen molar-refractivity contribution in [2.24, 2.45) is 0 Å². The Hall–Kier alpha value is -2.50. The van der Waals surface area contributed by atoms with Gasteiger partial charge in [-0.2, -0.15) is 0 Å². The molecule has 0 aliphatic carbocycles. The molecule has 1 fully saturated rings. The van der Waals surface area contributed by atoms with E-state index in [2.05, 4.69) is 55.0 Å². The van der Waals surface area contributed by atoms with Gasteiger partial charge in [0.25, 0.3) is 0 Å². The summed E-state index contributed by atoms with van der Waals surface area (Å²) in [6.45, 7) is 12.4. The molecule has 1 saturated heterocycles. The van der Waals surface area contributed by atoms with Crippen LogP contribution in [0.5, 0.6) is 0 Å². The van der Waals surface area contributed by atoms with Gasteiger partial charge in [-0.1, -0.05) is 11.6 Å². The number of nitrogens with one attached hydrogen (secondary N) is 1. The van der Waals surface area contributed by atoms with E-state index in [1.165, 1.54) is 5.56 Å². The fourth-order valence-corrected chi connectivity index (χ4v) is 5.18. The Bertz CT molecular complexity index is 1100. The minimum absolute atomic E-state index is 0.0219. The quantitative estimate of drug-likeness (QED) is 0.643. The van der Waals surface area contributed by atoms with E-state index in [4.69, 9.17) is 4.42 Å². The molecule has 4 rings (SSSR count). The van der Waals surface area contributed by atoms with Crippen molar-refractivity contribution in [3.05, 3.63) is 75.9 Å². The van der Waals surface area contributed by atoms with Crippen molar-refractivity contribution in [2.75, 3.05) is 0 Å². The number of hydrogen-bond donors (Lipinski definition) is 1. The molecule has 0 spiro atoms. The molecule has 164 valence electrons. The highest BCUT2D eigenvalue weighted by molar-refractivity contribution is 5.77. The van der Waals surface area contributed by atoms with Gasteiger partial charge in [0, 0.05) is 48.2 Å². The van der Waals surface area contributed by atoms with Gasteiger partial charge < -0.3 is 9.73 Å². The zero-order valence-corrected chi connectivity index (χ0v) is 19.2. The van der Waals surface area contributed by atoms with E-state index in [1.54, 1.807) is 6.26 Å². The maximum Gasteiger partial charge on any atom is 0.197 e. The van der Waals surface area contributed by atoms with Gasteiger partial charge in [0.2, 0.25) is 0 Å². The molecule has 5 nitrogen and oxygen atoms in total. The number of piperidine rings is 1. The standard InChI is InChI=1S/C26H33N3O2/c1-18-6-7-23-22(12-18)24(30)20(17-31-23)16-29(15-19-8-10-27-11-9-19)21-13-25(2,3)28-26(4,5)14-21/h6-12,17,21,28H,13-16H2,1-5H3. The molecule has 0 radical (unpaired) electrons. The fraction of sp³-hybridized carbons (Fsp3) is 0.462. The summed E-state index contributed by atoms with van der Waals surface area (Å²) < 4.78 is 5.85. The van der Waals surface area contributed by atoms with Crippen LogP contribution in [0.25, 0.3) is 11.0 Å². The van der Waals surface area contributed by atoms with Crippen LogP contribution in [0.1, 0.15) is 57.2 Å². The zero-order valence-electron chi connectivity index (χ0n) is 19.2. The molecule has 1 aromatic carbocycles. The smallest absolute Gasteiger partial charge is 0.197 e. The molecule has 1 N–H and O–H groups in total. The first-order valence-electron chi connectivity index (χ1n) is 11.1.